The molecule has 0 radical (unpaired) electrons. The number of halogens is 3. The molecule has 0 spiro atoms. The van der Waals surface area contributed by atoms with Crippen LogP contribution in [0.4, 0.5) is 13.2 Å². The predicted molar refractivity (Wildman–Crippen MR) is 85.7 cm³/mol. The molecule has 1 aromatic heterocycles. The van der Waals surface area contributed by atoms with E-state index in [0.29, 0.717) is 5.39 Å². The van der Waals surface area contributed by atoms with E-state index in [9.17, 15) is 23.1 Å². The van der Waals surface area contributed by atoms with Crippen molar-refractivity contribution in [3.8, 4) is 0 Å². The Balaban J connectivity index is 2.30. The maximum Gasteiger partial charge on any atom is 0.421 e. The third kappa shape index (κ3) is 2.38. The standard InChI is InChI=1S/C18H16F3NO2/c1-11(23)10-17(24,18(19,20)21)12-7-8-16-14(9-12)13-5-3-4-6-15(13)22(16)2/h3-9,24H,10H2,1-2H3/t17-/m0/s1. The highest BCUT2D eigenvalue weighted by Gasteiger charge is 2.55. The second-order valence-corrected chi connectivity index (χ2v) is 6.04. The molecule has 3 aromatic rings. The van der Waals surface area contributed by atoms with Gasteiger partial charge in [-0.05, 0) is 30.7 Å². The first kappa shape index (κ1) is 16.5. The van der Waals surface area contributed by atoms with E-state index < -0.39 is 24.0 Å². The smallest absolute Gasteiger partial charge is 0.376 e. The van der Waals surface area contributed by atoms with Gasteiger partial charge in [0.05, 0.1) is 0 Å². The molecular weight excluding hydrogens is 319 g/mol. The zero-order valence-corrected chi connectivity index (χ0v) is 13.2. The molecule has 0 saturated heterocycles. The summed E-state index contributed by atoms with van der Waals surface area (Å²) in [5.41, 5.74) is -1.88. The minimum absolute atomic E-state index is 0.325. The molecule has 3 rings (SSSR count). The predicted octanol–water partition coefficient (Wildman–Crippen LogP) is 4.06. The molecule has 0 unspecified atom stereocenters. The van der Waals surface area contributed by atoms with E-state index in [-0.39, 0.29) is 5.56 Å². The van der Waals surface area contributed by atoms with Crippen molar-refractivity contribution in [3.63, 3.8) is 0 Å². The quantitative estimate of drug-likeness (QED) is 0.784. The number of ketones is 1. The van der Waals surface area contributed by atoms with Gasteiger partial charge in [-0.3, -0.25) is 4.79 Å². The number of hydrogen-bond donors (Lipinski definition) is 1. The summed E-state index contributed by atoms with van der Waals surface area (Å²) in [4.78, 5) is 11.3. The molecule has 0 saturated carbocycles. The van der Waals surface area contributed by atoms with Crippen molar-refractivity contribution in [3.05, 3.63) is 48.0 Å². The van der Waals surface area contributed by atoms with Gasteiger partial charge in [0, 0.05) is 35.3 Å². The van der Waals surface area contributed by atoms with Gasteiger partial charge in [0.2, 0.25) is 0 Å². The zero-order valence-electron chi connectivity index (χ0n) is 13.2. The van der Waals surface area contributed by atoms with Gasteiger partial charge in [-0.2, -0.15) is 13.2 Å². The summed E-state index contributed by atoms with van der Waals surface area (Å²) in [6.45, 7) is 1.03. The van der Waals surface area contributed by atoms with Crippen LogP contribution in [0.25, 0.3) is 21.8 Å². The number of Topliss-reactive ketones (excluding diaryl/α,β-unsaturated/α-hetero) is 1. The number of aliphatic hydroxyl groups is 1. The third-order valence-corrected chi connectivity index (χ3v) is 4.36. The highest BCUT2D eigenvalue weighted by Crippen LogP contribution is 2.43. The fourth-order valence-corrected chi connectivity index (χ4v) is 3.15. The summed E-state index contributed by atoms with van der Waals surface area (Å²) in [5.74, 6) is -0.729. The minimum Gasteiger partial charge on any atom is -0.376 e. The number of benzene rings is 2. The van der Waals surface area contributed by atoms with E-state index in [1.165, 1.54) is 12.1 Å². The molecule has 6 heteroatoms. The molecule has 2 aromatic carbocycles. The molecule has 1 atom stereocenters. The summed E-state index contributed by atoms with van der Waals surface area (Å²) < 4.78 is 42.3. The van der Waals surface area contributed by atoms with Gasteiger partial charge in [0.1, 0.15) is 5.78 Å². The lowest BCUT2D eigenvalue weighted by Gasteiger charge is -2.30. The van der Waals surface area contributed by atoms with Crippen LogP contribution in [0.3, 0.4) is 0 Å². The second-order valence-electron chi connectivity index (χ2n) is 6.04. The Morgan fingerprint density at radius 1 is 1.08 bits per heavy atom. The van der Waals surface area contributed by atoms with Crippen LogP contribution in [-0.2, 0) is 17.4 Å². The lowest BCUT2D eigenvalue weighted by atomic mass is 9.87. The Labute approximate surface area is 136 Å². The molecule has 126 valence electrons. The number of aromatic nitrogens is 1. The van der Waals surface area contributed by atoms with E-state index in [4.69, 9.17) is 0 Å². The number of para-hydroxylation sites is 1. The van der Waals surface area contributed by atoms with Crippen molar-refractivity contribution < 1.29 is 23.1 Å². The van der Waals surface area contributed by atoms with Crippen molar-refractivity contribution in [2.45, 2.75) is 25.1 Å². The maximum atomic E-state index is 13.5. The summed E-state index contributed by atoms with van der Waals surface area (Å²) in [6.07, 6.45) is -5.95. The molecule has 0 amide bonds. The number of nitrogens with zero attached hydrogens (tertiary/aromatic N) is 1. The molecular formula is C18H16F3NO2. The first-order valence-corrected chi connectivity index (χ1v) is 7.41. The zero-order chi connectivity index (χ0) is 17.7. The maximum absolute atomic E-state index is 13.5. The van der Waals surface area contributed by atoms with Crippen molar-refractivity contribution in [1.29, 1.82) is 0 Å². The highest BCUT2D eigenvalue weighted by atomic mass is 19.4. The van der Waals surface area contributed by atoms with E-state index in [1.54, 1.807) is 12.1 Å². The monoisotopic (exact) mass is 335 g/mol. The summed E-state index contributed by atoms with van der Waals surface area (Å²) >= 11 is 0. The van der Waals surface area contributed by atoms with Crippen LogP contribution in [0, 0.1) is 0 Å². The molecule has 1 N–H and O–H groups in total. The van der Waals surface area contributed by atoms with E-state index in [1.807, 2.05) is 29.8 Å². The van der Waals surface area contributed by atoms with Crippen molar-refractivity contribution in [2.75, 3.05) is 0 Å². The van der Waals surface area contributed by atoms with Crippen LogP contribution in [0.1, 0.15) is 18.9 Å². The van der Waals surface area contributed by atoms with Crippen LogP contribution in [0.5, 0.6) is 0 Å². The molecule has 24 heavy (non-hydrogen) atoms. The summed E-state index contributed by atoms with van der Waals surface area (Å²) in [6, 6.07) is 11.5. The van der Waals surface area contributed by atoms with Gasteiger partial charge in [-0.15, -0.1) is 0 Å². The molecule has 0 bridgehead atoms. The highest BCUT2D eigenvalue weighted by molar-refractivity contribution is 6.08. The third-order valence-electron chi connectivity index (χ3n) is 4.36. The van der Waals surface area contributed by atoms with Crippen molar-refractivity contribution >= 4 is 27.6 Å². The largest absolute Gasteiger partial charge is 0.421 e. The van der Waals surface area contributed by atoms with Gasteiger partial charge in [0.25, 0.3) is 0 Å². The summed E-state index contributed by atoms with van der Waals surface area (Å²) in [5, 5.41) is 11.7. The first-order valence-electron chi connectivity index (χ1n) is 7.41. The number of carbonyl (C=O) groups excluding carboxylic acids is 1. The van der Waals surface area contributed by atoms with E-state index >= 15 is 0 Å². The lowest BCUT2D eigenvalue weighted by molar-refractivity contribution is -0.267. The van der Waals surface area contributed by atoms with E-state index in [0.717, 1.165) is 23.3 Å². The number of rotatable bonds is 3. The Morgan fingerprint density at radius 2 is 1.71 bits per heavy atom. The van der Waals surface area contributed by atoms with Crippen LogP contribution in [-0.4, -0.2) is 21.6 Å². The fraction of sp³-hybridized carbons (Fsp3) is 0.278. The van der Waals surface area contributed by atoms with E-state index in [2.05, 4.69) is 0 Å². The van der Waals surface area contributed by atoms with Gasteiger partial charge < -0.3 is 9.67 Å². The van der Waals surface area contributed by atoms with Crippen LogP contribution in [0.2, 0.25) is 0 Å². The number of alkyl halides is 3. The van der Waals surface area contributed by atoms with Crippen molar-refractivity contribution in [1.82, 2.24) is 4.57 Å². The minimum atomic E-state index is -4.95. The Kier molecular flexibility index (Phi) is 3.68. The van der Waals surface area contributed by atoms with Crippen molar-refractivity contribution in [2.24, 2.45) is 7.05 Å². The molecule has 1 heterocycles. The van der Waals surface area contributed by atoms with Crippen LogP contribution < -0.4 is 0 Å². The number of aryl methyl sites for hydroxylation is 1. The Hall–Kier alpha value is -2.34. The average molecular weight is 335 g/mol. The van der Waals surface area contributed by atoms with Crippen LogP contribution in [0.15, 0.2) is 42.5 Å². The first-order chi connectivity index (χ1) is 11.1. The normalized spacial score (nSPS) is 14.9. The Morgan fingerprint density at radius 3 is 2.33 bits per heavy atom. The molecule has 0 fully saturated rings. The molecule has 0 aliphatic carbocycles. The number of hydrogen-bond acceptors (Lipinski definition) is 2. The van der Waals surface area contributed by atoms with Gasteiger partial charge in [0.15, 0.2) is 5.60 Å². The molecule has 0 aliphatic heterocycles. The second kappa shape index (κ2) is 5.34. The number of carbonyl (C=O) groups is 1. The van der Waals surface area contributed by atoms with Gasteiger partial charge >= 0.3 is 6.18 Å². The summed E-state index contributed by atoms with van der Waals surface area (Å²) in [7, 11) is 1.83. The van der Waals surface area contributed by atoms with Gasteiger partial charge in [-0.1, -0.05) is 24.3 Å². The molecule has 3 nitrogen and oxygen atoms in total. The molecule has 0 aliphatic rings. The van der Waals surface area contributed by atoms with Gasteiger partial charge in [-0.25, -0.2) is 0 Å². The van der Waals surface area contributed by atoms with Crippen LogP contribution >= 0.6 is 0 Å². The SMILES string of the molecule is CC(=O)C[C@](O)(c1ccc2c(c1)c1ccccc1n2C)C(F)(F)F. The fourth-order valence-electron chi connectivity index (χ4n) is 3.15. The lowest BCUT2D eigenvalue weighted by Crippen LogP contribution is -2.43. The average Bonchev–Trinajstić information content (AvgIpc) is 2.79. The number of fused-ring (bicyclic) bond motifs is 3. The topological polar surface area (TPSA) is 42.2 Å². The Bertz CT molecular complexity index is 942.